The van der Waals surface area contributed by atoms with Crippen LogP contribution in [0.1, 0.15) is 0 Å². The number of benzene rings is 1. The second kappa shape index (κ2) is 6.06. The van der Waals surface area contributed by atoms with E-state index in [2.05, 4.69) is 25.9 Å². The number of furan rings is 2. The van der Waals surface area contributed by atoms with Gasteiger partial charge in [0, 0.05) is 11.6 Å². The summed E-state index contributed by atoms with van der Waals surface area (Å²) in [6.07, 6.45) is 3.12. The van der Waals surface area contributed by atoms with E-state index in [9.17, 15) is 10.1 Å². The Morgan fingerprint density at radius 3 is 2.44 bits per heavy atom. The second-order valence-electron chi connectivity index (χ2n) is 5.19. The van der Waals surface area contributed by atoms with Gasteiger partial charge in [0.1, 0.15) is 17.2 Å². The molecule has 25 heavy (non-hydrogen) atoms. The normalized spacial score (nSPS) is 10.9. The van der Waals surface area contributed by atoms with Gasteiger partial charge in [0.25, 0.3) is 5.69 Å². The SMILES string of the molecule is O=[N+]([O-])c1cc(-c2nc(-c3ccco3)c(-c3ccco3)[nH]2)ccc1Br. The number of rotatable bonds is 4. The molecule has 0 amide bonds. The zero-order valence-corrected chi connectivity index (χ0v) is 14.2. The Morgan fingerprint density at radius 1 is 1.08 bits per heavy atom. The lowest BCUT2D eigenvalue weighted by atomic mass is 10.2. The predicted octanol–water partition coefficient (Wildman–Crippen LogP) is 5.27. The van der Waals surface area contributed by atoms with Crippen LogP contribution in [-0.2, 0) is 0 Å². The number of hydrogen-bond acceptors (Lipinski definition) is 5. The lowest BCUT2D eigenvalue weighted by molar-refractivity contribution is -0.385. The third-order valence-electron chi connectivity index (χ3n) is 3.64. The molecule has 124 valence electrons. The van der Waals surface area contributed by atoms with Crippen molar-refractivity contribution in [2.45, 2.75) is 0 Å². The molecule has 0 saturated heterocycles. The minimum absolute atomic E-state index is 0.0343. The van der Waals surface area contributed by atoms with E-state index in [1.807, 2.05) is 0 Å². The average Bonchev–Trinajstić information content (AvgIpc) is 3.34. The number of nitrogens with zero attached hydrogens (tertiary/aromatic N) is 2. The number of aromatic amines is 1. The molecule has 0 atom stereocenters. The highest BCUT2D eigenvalue weighted by Gasteiger charge is 2.20. The van der Waals surface area contributed by atoms with Crippen LogP contribution < -0.4 is 0 Å². The first-order chi connectivity index (χ1) is 12.1. The number of aromatic nitrogens is 2. The van der Waals surface area contributed by atoms with Gasteiger partial charge in [-0.3, -0.25) is 10.1 Å². The fraction of sp³-hybridized carbons (Fsp3) is 0. The first-order valence-electron chi connectivity index (χ1n) is 7.25. The number of nitro benzene ring substituents is 1. The fourth-order valence-electron chi connectivity index (χ4n) is 2.50. The van der Waals surface area contributed by atoms with E-state index in [1.165, 1.54) is 6.07 Å². The van der Waals surface area contributed by atoms with Crippen molar-refractivity contribution in [3.8, 4) is 34.3 Å². The minimum Gasteiger partial charge on any atom is -0.463 e. The molecule has 4 aromatic rings. The summed E-state index contributed by atoms with van der Waals surface area (Å²) in [4.78, 5) is 18.5. The van der Waals surface area contributed by atoms with Gasteiger partial charge in [-0.2, -0.15) is 0 Å². The van der Waals surface area contributed by atoms with Crippen LogP contribution in [0.3, 0.4) is 0 Å². The Hall–Kier alpha value is -3.13. The summed E-state index contributed by atoms with van der Waals surface area (Å²) in [5.74, 6) is 1.64. The van der Waals surface area contributed by atoms with E-state index >= 15 is 0 Å². The molecule has 3 aromatic heterocycles. The van der Waals surface area contributed by atoms with Crippen LogP contribution in [0.5, 0.6) is 0 Å². The molecular weight excluding hydrogens is 390 g/mol. The number of halogens is 1. The van der Waals surface area contributed by atoms with Gasteiger partial charge in [0.05, 0.1) is 21.9 Å². The first-order valence-corrected chi connectivity index (χ1v) is 8.05. The van der Waals surface area contributed by atoms with Crippen molar-refractivity contribution >= 4 is 21.6 Å². The number of nitrogens with one attached hydrogen (secondary N) is 1. The minimum atomic E-state index is -0.447. The van der Waals surface area contributed by atoms with Crippen LogP contribution in [0.25, 0.3) is 34.3 Å². The average molecular weight is 400 g/mol. The van der Waals surface area contributed by atoms with Gasteiger partial charge in [0.15, 0.2) is 11.5 Å². The third kappa shape index (κ3) is 2.76. The van der Waals surface area contributed by atoms with Gasteiger partial charge < -0.3 is 13.8 Å². The molecule has 0 fully saturated rings. The van der Waals surface area contributed by atoms with Crippen LogP contribution in [0.4, 0.5) is 5.69 Å². The number of imidazole rings is 1. The van der Waals surface area contributed by atoms with Crippen molar-refractivity contribution in [2.24, 2.45) is 0 Å². The molecule has 0 radical (unpaired) electrons. The van der Waals surface area contributed by atoms with E-state index < -0.39 is 4.92 Å². The Balaban J connectivity index is 1.88. The summed E-state index contributed by atoms with van der Waals surface area (Å²) in [7, 11) is 0. The lowest BCUT2D eigenvalue weighted by Gasteiger charge is -1.99. The number of hydrogen-bond donors (Lipinski definition) is 1. The topological polar surface area (TPSA) is 98.1 Å². The molecule has 0 saturated carbocycles. The zero-order valence-electron chi connectivity index (χ0n) is 12.6. The Labute approximate surface area is 149 Å². The Bertz CT molecular complexity index is 984. The van der Waals surface area contributed by atoms with Crippen molar-refractivity contribution in [3.63, 3.8) is 0 Å². The monoisotopic (exact) mass is 399 g/mol. The quantitative estimate of drug-likeness (QED) is 0.372. The molecule has 0 spiro atoms. The summed E-state index contributed by atoms with van der Waals surface area (Å²) in [6.45, 7) is 0. The lowest BCUT2D eigenvalue weighted by Crippen LogP contribution is -1.91. The van der Waals surface area contributed by atoms with Gasteiger partial charge in [-0.1, -0.05) is 0 Å². The third-order valence-corrected chi connectivity index (χ3v) is 4.31. The predicted molar refractivity (Wildman–Crippen MR) is 93.8 cm³/mol. The highest BCUT2D eigenvalue weighted by molar-refractivity contribution is 9.10. The van der Waals surface area contributed by atoms with E-state index in [0.717, 1.165) is 0 Å². The maximum Gasteiger partial charge on any atom is 0.284 e. The molecule has 1 aromatic carbocycles. The summed E-state index contributed by atoms with van der Waals surface area (Å²) < 4.78 is 11.3. The van der Waals surface area contributed by atoms with E-state index in [0.29, 0.717) is 38.8 Å². The van der Waals surface area contributed by atoms with Crippen molar-refractivity contribution in [1.29, 1.82) is 0 Å². The fourth-order valence-corrected chi connectivity index (χ4v) is 2.89. The van der Waals surface area contributed by atoms with Gasteiger partial charge >= 0.3 is 0 Å². The highest BCUT2D eigenvalue weighted by atomic mass is 79.9. The molecule has 3 heterocycles. The maximum atomic E-state index is 11.2. The van der Waals surface area contributed by atoms with Crippen LogP contribution in [0, 0.1) is 10.1 Å². The Morgan fingerprint density at radius 2 is 1.80 bits per heavy atom. The maximum absolute atomic E-state index is 11.2. The van der Waals surface area contributed by atoms with Crippen molar-refractivity contribution in [3.05, 3.63) is 69.6 Å². The van der Waals surface area contributed by atoms with E-state index in [4.69, 9.17) is 8.83 Å². The number of nitro groups is 1. The molecule has 0 bridgehead atoms. The molecule has 0 aliphatic heterocycles. The summed E-state index contributed by atoms with van der Waals surface area (Å²) in [6, 6.07) is 11.9. The molecule has 7 nitrogen and oxygen atoms in total. The van der Waals surface area contributed by atoms with Crippen molar-refractivity contribution in [1.82, 2.24) is 9.97 Å². The standard InChI is InChI=1S/C17H10BrN3O4/c18-11-6-5-10(9-12(11)21(22)23)17-19-15(13-3-1-7-24-13)16(20-17)14-4-2-8-25-14/h1-9H,(H,19,20). The Kier molecular flexibility index (Phi) is 3.73. The van der Waals surface area contributed by atoms with Crippen molar-refractivity contribution in [2.75, 3.05) is 0 Å². The summed E-state index contributed by atoms with van der Waals surface area (Å²) >= 11 is 3.18. The molecule has 4 rings (SSSR count). The smallest absolute Gasteiger partial charge is 0.284 e. The summed E-state index contributed by atoms with van der Waals surface area (Å²) in [5.41, 5.74) is 1.76. The van der Waals surface area contributed by atoms with Gasteiger partial charge in [0.2, 0.25) is 0 Å². The first kappa shape index (κ1) is 15.4. The van der Waals surface area contributed by atoms with Gasteiger partial charge in [-0.15, -0.1) is 0 Å². The molecule has 8 heteroatoms. The molecular formula is C17H10BrN3O4. The van der Waals surface area contributed by atoms with Gasteiger partial charge in [-0.05, 0) is 52.3 Å². The molecule has 0 unspecified atom stereocenters. The summed E-state index contributed by atoms with van der Waals surface area (Å²) in [5, 5.41) is 11.2. The molecule has 0 aliphatic rings. The molecule has 0 aliphatic carbocycles. The van der Waals surface area contributed by atoms with Crippen LogP contribution in [0.2, 0.25) is 0 Å². The van der Waals surface area contributed by atoms with Crippen LogP contribution in [0.15, 0.2) is 68.3 Å². The zero-order chi connectivity index (χ0) is 17.4. The van der Waals surface area contributed by atoms with E-state index in [-0.39, 0.29) is 5.69 Å². The second-order valence-corrected chi connectivity index (χ2v) is 6.04. The number of H-pyrrole nitrogens is 1. The van der Waals surface area contributed by atoms with Crippen molar-refractivity contribution < 1.29 is 13.8 Å². The van der Waals surface area contributed by atoms with Gasteiger partial charge in [-0.25, -0.2) is 4.98 Å². The van der Waals surface area contributed by atoms with Crippen LogP contribution >= 0.6 is 15.9 Å². The highest BCUT2D eigenvalue weighted by Crippen LogP contribution is 2.35. The van der Waals surface area contributed by atoms with Crippen LogP contribution in [-0.4, -0.2) is 14.9 Å². The van der Waals surface area contributed by atoms with E-state index in [1.54, 1.807) is 48.9 Å². The largest absolute Gasteiger partial charge is 0.463 e. The molecule has 1 N–H and O–H groups in total.